The molecule has 0 saturated carbocycles. The lowest BCUT2D eigenvalue weighted by Gasteiger charge is -2.20. The molecule has 5 nitrogen and oxygen atoms in total. The first-order valence-corrected chi connectivity index (χ1v) is 10.1. The van der Waals surface area contributed by atoms with Gasteiger partial charge < -0.3 is 15.4 Å². The second-order valence-corrected chi connectivity index (χ2v) is 7.80. The summed E-state index contributed by atoms with van der Waals surface area (Å²) in [4.78, 5) is 24.7. The Hall–Kier alpha value is -2.82. The molecule has 0 aliphatic rings. The van der Waals surface area contributed by atoms with Crippen LogP contribution >= 0.6 is 0 Å². The number of ether oxygens (including phenoxy) is 1. The largest absolute Gasteiger partial charge is 0.497 e. The second-order valence-electron chi connectivity index (χ2n) is 7.80. The molecule has 2 aromatic rings. The fraction of sp³-hybridized carbons (Fsp3) is 0.417. The highest BCUT2D eigenvalue weighted by atomic mass is 16.5. The molecule has 2 rings (SSSR count). The molecule has 0 unspecified atom stereocenters. The van der Waals surface area contributed by atoms with Crippen LogP contribution < -0.4 is 15.4 Å². The summed E-state index contributed by atoms with van der Waals surface area (Å²) in [5.74, 6) is 0.775. The van der Waals surface area contributed by atoms with Crippen LogP contribution in [0.3, 0.4) is 0 Å². The van der Waals surface area contributed by atoms with Gasteiger partial charge in [0, 0.05) is 12.2 Å². The molecule has 0 saturated heterocycles. The van der Waals surface area contributed by atoms with Crippen LogP contribution in [-0.2, 0) is 16.0 Å². The van der Waals surface area contributed by atoms with Crippen molar-refractivity contribution in [2.45, 2.75) is 52.4 Å². The van der Waals surface area contributed by atoms with Gasteiger partial charge in [0.2, 0.25) is 11.8 Å². The van der Waals surface area contributed by atoms with Crippen molar-refractivity contribution < 1.29 is 14.3 Å². The molecule has 0 aliphatic heterocycles. The molecule has 2 aromatic carbocycles. The predicted octanol–water partition coefficient (Wildman–Crippen LogP) is 4.63. The maximum absolute atomic E-state index is 12.5. The molecule has 0 fully saturated rings. The van der Waals surface area contributed by atoms with Crippen LogP contribution in [-0.4, -0.2) is 25.5 Å². The number of carbonyl (C=O) groups excluding carboxylic acids is 2. The molecule has 0 atom stereocenters. The highest BCUT2D eigenvalue weighted by Gasteiger charge is 2.17. The molecule has 2 amide bonds. The van der Waals surface area contributed by atoms with E-state index in [1.54, 1.807) is 7.11 Å². The Morgan fingerprint density at radius 1 is 0.931 bits per heavy atom. The zero-order valence-corrected chi connectivity index (χ0v) is 18.0. The first-order valence-electron chi connectivity index (χ1n) is 10.1. The van der Waals surface area contributed by atoms with Gasteiger partial charge in [-0.05, 0) is 47.1 Å². The van der Waals surface area contributed by atoms with Crippen molar-refractivity contribution in [2.24, 2.45) is 0 Å². The van der Waals surface area contributed by atoms with E-state index >= 15 is 0 Å². The van der Waals surface area contributed by atoms with Crippen molar-refractivity contribution in [1.82, 2.24) is 5.32 Å². The number of rotatable bonds is 9. The van der Waals surface area contributed by atoms with E-state index < -0.39 is 0 Å². The zero-order valence-electron chi connectivity index (χ0n) is 18.0. The Bertz CT molecular complexity index is 818. The molecule has 29 heavy (non-hydrogen) atoms. The number of carbonyl (C=O) groups is 2. The fourth-order valence-corrected chi connectivity index (χ4v) is 3.26. The minimum absolute atomic E-state index is 0.192. The van der Waals surface area contributed by atoms with Gasteiger partial charge >= 0.3 is 0 Å². The van der Waals surface area contributed by atoms with Crippen LogP contribution in [0, 0.1) is 0 Å². The van der Waals surface area contributed by atoms with Crippen molar-refractivity contribution in [3.63, 3.8) is 0 Å². The minimum atomic E-state index is -0.293. The van der Waals surface area contributed by atoms with Crippen molar-refractivity contribution in [3.8, 4) is 5.75 Å². The molecule has 0 bridgehead atoms. The van der Waals surface area contributed by atoms with Crippen LogP contribution in [0.15, 0.2) is 42.5 Å². The molecule has 5 heteroatoms. The highest BCUT2D eigenvalue weighted by Crippen LogP contribution is 2.32. The zero-order chi connectivity index (χ0) is 21.4. The second kappa shape index (κ2) is 10.6. The summed E-state index contributed by atoms with van der Waals surface area (Å²) in [7, 11) is 1.63. The lowest BCUT2D eigenvalue weighted by atomic mass is 9.92. The Balaban J connectivity index is 1.92. The van der Waals surface area contributed by atoms with E-state index in [4.69, 9.17) is 4.74 Å². The molecule has 0 heterocycles. The Morgan fingerprint density at radius 2 is 1.55 bits per heavy atom. The van der Waals surface area contributed by atoms with Crippen LogP contribution in [0.1, 0.15) is 62.6 Å². The van der Waals surface area contributed by atoms with Gasteiger partial charge in [-0.2, -0.15) is 0 Å². The monoisotopic (exact) mass is 396 g/mol. The summed E-state index contributed by atoms with van der Waals surface area (Å²) in [6, 6.07) is 13.8. The number of anilines is 1. The number of hydrogen-bond acceptors (Lipinski definition) is 3. The number of hydrogen-bond donors (Lipinski definition) is 2. The molecular formula is C24H32N2O3. The third kappa shape index (κ3) is 6.63. The fourth-order valence-electron chi connectivity index (χ4n) is 3.26. The first-order chi connectivity index (χ1) is 13.8. The molecule has 0 aliphatic carbocycles. The van der Waals surface area contributed by atoms with E-state index in [0.717, 1.165) is 28.1 Å². The average molecular weight is 397 g/mol. The van der Waals surface area contributed by atoms with Gasteiger partial charge in [-0.25, -0.2) is 0 Å². The van der Waals surface area contributed by atoms with Crippen LogP contribution in [0.4, 0.5) is 5.69 Å². The summed E-state index contributed by atoms with van der Waals surface area (Å²) in [5, 5.41) is 5.80. The van der Waals surface area contributed by atoms with Crippen LogP contribution in [0.5, 0.6) is 5.75 Å². The number of benzene rings is 2. The van der Waals surface area contributed by atoms with E-state index in [9.17, 15) is 9.59 Å². The quantitative estimate of drug-likeness (QED) is 0.607. The summed E-state index contributed by atoms with van der Waals surface area (Å²) in [6.07, 6.45) is 0.486. The first kappa shape index (κ1) is 22.5. The van der Waals surface area contributed by atoms with E-state index in [1.807, 2.05) is 42.5 Å². The maximum atomic E-state index is 12.5. The lowest BCUT2D eigenvalue weighted by Crippen LogP contribution is -2.30. The van der Waals surface area contributed by atoms with Gasteiger partial charge in [0.15, 0.2) is 0 Å². The SMILES string of the molecule is COc1cccc(CCNC(=O)CC(=O)Nc2c(C(C)C)cccc2C(C)C)c1. The van der Waals surface area contributed by atoms with E-state index in [2.05, 4.69) is 38.3 Å². The predicted molar refractivity (Wildman–Crippen MR) is 118 cm³/mol. The summed E-state index contributed by atoms with van der Waals surface area (Å²) in [6.45, 7) is 8.86. The third-order valence-electron chi connectivity index (χ3n) is 4.83. The summed E-state index contributed by atoms with van der Waals surface area (Å²) >= 11 is 0. The molecule has 156 valence electrons. The topological polar surface area (TPSA) is 67.4 Å². The number of nitrogens with one attached hydrogen (secondary N) is 2. The normalized spacial score (nSPS) is 10.9. The number of amides is 2. The van der Waals surface area contributed by atoms with Crippen molar-refractivity contribution in [1.29, 1.82) is 0 Å². The number of para-hydroxylation sites is 1. The molecule has 0 spiro atoms. The van der Waals surface area contributed by atoms with Gasteiger partial charge in [0.25, 0.3) is 0 Å². The standard InChI is InChI=1S/C24H32N2O3/c1-16(2)20-10-7-11-21(17(3)4)24(20)26-23(28)15-22(27)25-13-12-18-8-6-9-19(14-18)29-5/h6-11,14,16-17H,12-13,15H2,1-5H3,(H,25,27)(H,26,28). The van der Waals surface area contributed by atoms with E-state index in [1.165, 1.54) is 0 Å². The lowest BCUT2D eigenvalue weighted by molar-refractivity contribution is -0.126. The molecule has 2 N–H and O–H groups in total. The van der Waals surface area contributed by atoms with Gasteiger partial charge in [0.1, 0.15) is 12.2 Å². The van der Waals surface area contributed by atoms with Crippen molar-refractivity contribution in [2.75, 3.05) is 19.0 Å². The van der Waals surface area contributed by atoms with E-state index in [-0.39, 0.29) is 30.1 Å². The highest BCUT2D eigenvalue weighted by molar-refractivity contribution is 6.04. The molecule has 0 radical (unpaired) electrons. The molecular weight excluding hydrogens is 364 g/mol. The Kier molecular flexibility index (Phi) is 8.25. The van der Waals surface area contributed by atoms with Gasteiger partial charge in [-0.3, -0.25) is 9.59 Å². The third-order valence-corrected chi connectivity index (χ3v) is 4.83. The maximum Gasteiger partial charge on any atom is 0.233 e. The number of methoxy groups -OCH3 is 1. The average Bonchev–Trinajstić information content (AvgIpc) is 2.67. The van der Waals surface area contributed by atoms with Crippen LogP contribution in [0.25, 0.3) is 0 Å². The summed E-state index contributed by atoms with van der Waals surface area (Å²) in [5.41, 5.74) is 4.08. The molecule has 0 aromatic heterocycles. The van der Waals surface area contributed by atoms with Gasteiger partial charge in [0.05, 0.1) is 7.11 Å². The Morgan fingerprint density at radius 3 is 2.14 bits per heavy atom. The van der Waals surface area contributed by atoms with Gasteiger partial charge in [-0.1, -0.05) is 58.0 Å². The summed E-state index contributed by atoms with van der Waals surface area (Å²) < 4.78 is 5.20. The van der Waals surface area contributed by atoms with Crippen molar-refractivity contribution >= 4 is 17.5 Å². The minimum Gasteiger partial charge on any atom is -0.497 e. The van der Waals surface area contributed by atoms with Crippen molar-refractivity contribution in [3.05, 3.63) is 59.2 Å². The van der Waals surface area contributed by atoms with Gasteiger partial charge in [-0.15, -0.1) is 0 Å². The Labute approximate surface area is 173 Å². The smallest absolute Gasteiger partial charge is 0.233 e. The van der Waals surface area contributed by atoms with Crippen LogP contribution in [0.2, 0.25) is 0 Å². The van der Waals surface area contributed by atoms with E-state index in [0.29, 0.717) is 13.0 Å².